The Bertz CT molecular complexity index is 341. The number of nitrogens with one attached hydrogen (secondary N) is 1. The fourth-order valence-corrected chi connectivity index (χ4v) is 2.80. The van der Waals surface area contributed by atoms with Crippen LogP contribution < -0.4 is 5.32 Å². The van der Waals surface area contributed by atoms with Gasteiger partial charge in [-0.25, -0.2) is 4.79 Å². The Labute approximate surface area is 118 Å². The number of carbonyl (C=O) groups is 1. The number of carbonyl (C=O) groups excluding carboxylic acids is 1. The Morgan fingerprint density at radius 1 is 1.47 bits per heavy atom. The van der Waals surface area contributed by atoms with Crippen LogP contribution in [0.15, 0.2) is 0 Å². The van der Waals surface area contributed by atoms with Gasteiger partial charge in [-0.15, -0.1) is 0 Å². The zero-order valence-corrected chi connectivity index (χ0v) is 13.1. The first-order chi connectivity index (χ1) is 8.71. The molecule has 1 fully saturated rings. The number of hydrogen-bond acceptors (Lipinski definition) is 3. The van der Waals surface area contributed by atoms with Gasteiger partial charge >= 0.3 is 6.03 Å². The molecule has 2 amide bonds. The Morgan fingerprint density at radius 2 is 2.11 bits per heavy atom. The van der Waals surface area contributed by atoms with E-state index >= 15 is 0 Å². The fourth-order valence-electron chi connectivity index (χ4n) is 1.90. The molecule has 3 unspecified atom stereocenters. The van der Waals surface area contributed by atoms with Crippen LogP contribution in [0.3, 0.4) is 0 Å². The van der Waals surface area contributed by atoms with Crippen LogP contribution in [0.1, 0.15) is 34.1 Å². The van der Waals surface area contributed by atoms with E-state index in [9.17, 15) is 14.1 Å². The molecule has 1 heterocycles. The number of likely N-dealkylation sites (tertiary alicyclic amines) is 1. The zero-order chi connectivity index (χ0) is 14.6. The second kappa shape index (κ2) is 6.70. The molecule has 0 aromatic carbocycles. The van der Waals surface area contributed by atoms with Crippen molar-refractivity contribution in [3.63, 3.8) is 0 Å². The SMILES string of the molecule is CC1CCN(C(=O)NCCS(=O)C(C)(C)C)CC1O. The van der Waals surface area contributed by atoms with Crippen molar-refractivity contribution >= 4 is 16.8 Å². The Hall–Kier alpha value is -0.620. The predicted molar refractivity (Wildman–Crippen MR) is 77.5 cm³/mol. The van der Waals surface area contributed by atoms with Gasteiger partial charge in [0.1, 0.15) is 0 Å². The summed E-state index contributed by atoms with van der Waals surface area (Å²) in [6.45, 7) is 9.23. The van der Waals surface area contributed by atoms with Crippen LogP contribution in [-0.2, 0) is 10.8 Å². The van der Waals surface area contributed by atoms with Gasteiger partial charge in [0.15, 0.2) is 0 Å². The van der Waals surface area contributed by atoms with E-state index in [0.29, 0.717) is 25.4 Å². The minimum atomic E-state index is -0.954. The van der Waals surface area contributed by atoms with Crippen LogP contribution in [-0.4, -0.2) is 56.5 Å². The first-order valence-corrected chi connectivity index (χ1v) is 8.13. The lowest BCUT2D eigenvalue weighted by atomic mass is 9.96. The molecule has 19 heavy (non-hydrogen) atoms. The number of piperidine rings is 1. The first-order valence-electron chi connectivity index (χ1n) is 6.81. The van der Waals surface area contributed by atoms with Crippen LogP contribution in [0.2, 0.25) is 0 Å². The molecule has 1 aliphatic rings. The van der Waals surface area contributed by atoms with Crippen LogP contribution in [0.5, 0.6) is 0 Å². The Kier molecular flexibility index (Phi) is 5.80. The summed E-state index contributed by atoms with van der Waals surface area (Å²) in [5.41, 5.74) is 0. The predicted octanol–water partition coefficient (Wildman–Crippen LogP) is 0.946. The minimum Gasteiger partial charge on any atom is -0.391 e. The number of aliphatic hydroxyl groups excluding tert-OH is 1. The average Bonchev–Trinajstić information content (AvgIpc) is 2.31. The summed E-state index contributed by atoms with van der Waals surface area (Å²) in [4.78, 5) is 13.5. The molecule has 0 saturated carbocycles. The molecule has 0 aromatic rings. The molecule has 0 spiro atoms. The highest BCUT2D eigenvalue weighted by atomic mass is 32.2. The molecule has 112 valence electrons. The van der Waals surface area contributed by atoms with Crippen molar-refractivity contribution in [2.24, 2.45) is 5.92 Å². The molecule has 1 saturated heterocycles. The number of amides is 2. The molecule has 1 aliphatic heterocycles. The summed E-state index contributed by atoms with van der Waals surface area (Å²) >= 11 is 0. The third kappa shape index (κ3) is 5.10. The maximum absolute atomic E-state index is 11.9. The fraction of sp³-hybridized carbons (Fsp3) is 0.923. The standard InChI is InChI=1S/C13H26N2O3S/c1-10-5-7-15(9-11(10)16)12(17)14-6-8-19(18)13(2,3)4/h10-11,16H,5-9H2,1-4H3,(H,14,17). The highest BCUT2D eigenvalue weighted by molar-refractivity contribution is 7.86. The van der Waals surface area contributed by atoms with Crippen LogP contribution in [0.4, 0.5) is 4.79 Å². The lowest BCUT2D eigenvalue weighted by Gasteiger charge is -2.34. The maximum Gasteiger partial charge on any atom is 0.317 e. The van der Waals surface area contributed by atoms with E-state index in [4.69, 9.17) is 0 Å². The third-order valence-corrected chi connectivity index (χ3v) is 5.39. The summed E-state index contributed by atoms with van der Waals surface area (Å²) in [6, 6.07) is -0.170. The lowest BCUT2D eigenvalue weighted by Crippen LogP contribution is -2.50. The van der Waals surface area contributed by atoms with E-state index < -0.39 is 16.9 Å². The van der Waals surface area contributed by atoms with Crippen LogP contribution >= 0.6 is 0 Å². The van der Waals surface area contributed by atoms with E-state index in [1.165, 1.54) is 0 Å². The highest BCUT2D eigenvalue weighted by Crippen LogP contribution is 2.16. The van der Waals surface area contributed by atoms with Gasteiger partial charge in [-0.3, -0.25) is 4.21 Å². The van der Waals surface area contributed by atoms with Gasteiger partial charge in [0.25, 0.3) is 0 Å². The third-order valence-electron chi connectivity index (χ3n) is 3.45. The second-order valence-electron chi connectivity index (χ2n) is 6.17. The molecule has 5 nitrogen and oxygen atoms in total. The number of urea groups is 1. The van der Waals surface area contributed by atoms with Gasteiger partial charge in [0, 0.05) is 40.9 Å². The van der Waals surface area contributed by atoms with Gasteiger partial charge in [0.05, 0.1) is 6.10 Å². The maximum atomic E-state index is 11.9. The average molecular weight is 290 g/mol. The van der Waals surface area contributed by atoms with Gasteiger partial charge < -0.3 is 15.3 Å². The molecule has 6 heteroatoms. The monoisotopic (exact) mass is 290 g/mol. The normalized spacial score (nSPS) is 26.1. The van der Waals surface area contributed by atoms with Crippen molar-refractivity contribution < 1.29 is 14.1 Å². The van der Waals surface area contributed by atoms with E-state index in [1.807, 2.05) is 27.7 Å². The van der Waals surface area contributed by atoms with Gasteiger partial charge in [-0.2, -0.15) is 0 Å². The summed E-state index contributed by atoms with van der Waals surface area (Å²) < 4.78 is 11.6. The van der Waals surface area contributed by atoms with Crippen LogP contribution in [0.25, 0.3) is 0 Å². The summed E-state index contributed by atoms with van der Waals surface area (Å²) in [5.74, 6) is 0.708. The largest absolute Gasteiger partial charge is 0.391 e. The number of β-amino-alcohol motifs (C(OH)–C–C–N with tert-alkyl or cyclic N) is 1. The Morgan fingerprint density at radius 3 is 2.63 bits per heavy atom. The van der Waals surface area contributed by atoms with Gasteiger partial charge in [-0.05, 0) is 33.1 Å². The second-order valence-corrected chi connectivity index (χ2v) is 8.50. The molecular formula is C13H26N2O3S. The van der Waals surface area contributed by atoms with Crippen LogP contribution in [0, 0.1) is 5.92 Å². The van der Waals surface area contributed by atoms with Crippen molar-refractivity contribution in [3.8, 4) is 0 Å². The molecular weight excluding hydrogens is 264 g/mol. The summed E-state index contributed by atoms with van der Waals surface area (Å²) in [7, 11) is -0.954. The van der Waals surface area contributed by atoms with Crippen molar-refractivity contribution in [3.05, 3.63) is 0 Å². The lowest BCUT2D eigenvalue weighted by molar-refractivity contribution is 0.0437. The quantitative estimate of drug-likeness (QED) is 0.813. The van der Waals surface area contributed by atoms with Crippen molar-refractivity contribution in [1.82, 2.24) is 10.2 Å². The first kappa shape index (κ1) is 16.4. The number of nitrogens with zero attached hydrogens (tertiary/aromatic N) is 1. The minimum absolute atomic E-state index is 0.170. The molecule has 0 radical (unpaired) electrons. The molecule has 3 atom stereocenters. The van der Waals surface area contributed by atoms with E-state index in [2.05, 4.69) is 5.32 Å². The van der Waals surface area contributed by atoms with Crippen molar-refractivity contribution in [1.29, 1.82) is 0 Å². The summed E-state index contributed by atoms with van der Waals surface area (Å²) in [6.07, 6.45) is 0.380. The zero-order valence-electron chi connectivity index (χ0n) is 12.3. The van der Waals surface area contributed by atoms with E-state index in [0.717, 1.165) is 6.42 Å². The van der Waals surface area contributed by atoms with E-state index in [1.54, 1.807) is 4.90 Å². The molecule has 2 N–H and O–H groups in total. The number of aliphatic hydroxyl groups is 1. The molecule has 0 aliphatic carbocycles. The van der Waals surface area contributed by atoms with Gasteiger partial charge in [0.2, 0.25) is 0 Å². The van der Waals surface area contributed by atoms with E-state index in [-0.39, 0.29) is 16.7 Å². The van der Waals surface area contributed by atoms with Gasteiger partial charge in [-0.1, -0.05) is 6.92 Å². The topological polar surface area (TPSA) is 69.6 Å². The molecule has 0 bridgehead atoms. The molecule has 0 aromatic heterocycles. The van der Waals surface area contributed by atoms with Crippen molar-refractivity contribution in [2.45, 2.75) is 45.0 Å². The van der Waals surface area contributed by atoms with Crippen molar-refractivity contribution in [2.75, 3.05) is 25.4 Å². The number of hydrogen-bond donors (Lipinski definition) is 2. The Balaban J connectivity index is 2.30. The number of rotatable bonds is 3. The molecule has 1 rings (SSSR count). The highest BCUT2D eigenvalue weighted by Gasteiger charge is 2.27. The smallest absolute Gasteiger partial charge is 0.317 e. The summed E-state index contributed by atoms with van der Waals surface area (Å²) in [5, 5.41) is 12.5.